The monoisotopic (exact) mass is 378 g/mol. The van der Waals surface area contributed by atoms with Gasteiger partial charge in [0, 0.05) is 11.1 Å². The standard InChI is InChI=1S/C15H14N4O2S3/c1-21-10-4-2-9-3-5-12(20)13(11(9)8-10)16-17-14-18-19-15(24-14)23-7-6-22/h2-5,8,20,22H,6-7H2,1H3. The van der Waals surface area contributed by atoms with Gasteiger partial charge in [-0.3, -0.25) is 0 Å². The molecule has 3 rings (SSSR count). The second-order valence-corrected chi connectivity index (χ2v) is 7.39. The van der Waals surface area contributed by atoms with E-state index in [1.165, 1.54) is 11.3 Å². The van der Waals surface area contributed by atoms with Gasteiger partial charge in [-0.2, -0.15) is 12.6 Å². The fourth-order valence-corrected chi connectivity index (χ4v) is 3.78. The SMILES string of the molecule is COc1ccc2ccc(O)c(N=Nc3nnc(SCCS)s3)c2c1. The Morgan fingerprint density at radius 3 is 2.88 bits per heavy atom. The molecule has 2 aromatic carbocycles. The van der Waals surface area contributed by atoms with E-state index in [-0.39, 0.29) is 5.75 Å². The van der Waals surface area contributed by atoms with Crippen molar-refractivity contribution in [3.63, 3.8) is 0 Å². The number of phenols is 1. The quantitative estimate of drug-likeness (QED) is 0.364. The number of thiol groups is 1. The van der Waals surface area contributed by atoms with E-state index in [2.05, 4.69) is 33.1 Å². The van der Waals surface area contributed by atoms with Gasteiger partial charge in [0.25, 0.3) is 5.13 Å². The molecule has 1 aromatic heterocycles. The first-order valence-electron chi connectivity index (χ1n) is 7.00. The number of aromatic hydroxyl groups is 1. The fourth-order valence-electron chi connectivity index (χ4n) is 2.03. The number of hydrogen-bond acceptors (Lipinski definition) is 9. The molecule has 6 nitrogen and oxygen atoms in total. The molecular formula is C15H14N4O2S3. The summed E-state index contributed by atoms with van der Waals surface area (Å²) in [6, 6.07) is 8.99. The van der Waals surface area contributed by atoms with Crippen LogP contribution in [-0.2, 0) is 0 Å². The maximum absolute atomic E-state index is 10.1. The maximum Gasteiger partial charge on any atom is 0.252 e. The van der Waals surface area contributed by atoms with Crippen molar-refractivity contribution < 1.29 is 9.84 Å². The van der Waals surface area contributed by atoms with Crippen molar-refractivity contribution in [2.24, 2.45) is 10.2 Å². The maximum atomic E-state index is 10.1. The summed E-state index contributed by atoms with van der Waals surface area (Å²) in [4.78, 5) is 0. The lowest BCUT2D eigenvalue weighted by Gasteiger charge is -2.06. The number of hydrogen-bond donors (Lipinski definition) is 2. The number of aromatic nitrogens is 2. The lowest BCUT2D eigenvalue weighted by molar-refractivity contribution is 0.415. The van der Waals surface area contributed by atoms with Gasteiger partial charge in [-0.25, -0.2) is 0 Å². The highest BCUT2D eigenvalue weighted by molar-refractivity contribution is 8.01. The van der Waals surface area contributed by atoms with Crippen LogP contribution in [0.2, 0.25) is 0 Å². The van der Waals surface area contributed by atoms with Gasteiger partial charge >= 0.3 is 0 Å². The number of azo groups is 1. The molecule has 0 aliphatic carbocycles. The van der Waals surface area contributed by atoms with Crippen molar-refractivity contribution in [2.75, 3.05) is 18.6 Å². The summed E-state index contributed by atoms with van der Waals surface area (Å²) in [5.74, 6) is 2.37. The lowest BCUT2D eigenvalue weighted by atomic mass is 10.1. The van der Waals surface area contributed by atoms with Crippen LogP contribution in [-0.4, -0.2) is 33.9 Å². The number of thioether (sulfide) groups is 1. The summed E-state index contributed by atoms with van der Waals surface area (Å²) < 4.78 is 6.06. The third-order valence-electron chi connectivity index (χ3n) is 3.13. The summed E-state index contributed by atoms with van der Waals surface area (Å²) in [6.45, 7) is 0. The summed E-state index contributed by atoms with van der Waals surface area (Å²) in [7, 11) is 1.59. The van der Waals surface area contributed by atoms with E-state index in [1.807, 2.05) is 24.3 Å². The molecule has 0 amide bonds. The number of rotatable bonds is 6. The Kier molecular flexibility index (Phi) is 5.54. The van der Waals surface area contributed by atoms with Crippen LogP contribution in [0, 0.1) is 0 Å². The molecule has 0 radical (unpaired) electrons. The number of nitrogens with zero attached hydrogens (tertiary/aromatic N) is 4. The van der Waals surface area contributed by atoms with Crippen molar-refractivity contribution in [2.45, 2.75) is 4.34 Å². The number of methoxy groups -OCH3 is 1. The molecule has 24 heavy (non-hydrogen) atoms. The molecule has 0 saturated carbocycles. The molecule has 124 valence electrons. The summed E-state index contributed by atoms with van der Waals surface area (Å²) >= 11 is 7.09. The molecule has 0 saturated heterocycles. The van der Waals surface area contributed by atoms with Crippen molar-refractivity contribution in [1.29, 1.82) is 0 Å². The van der Waals surface area contributed by atoms with Crippen molar-refractivity contribution >= 4 is 57.3 Å². The number of phenolic OH excluding ortho intramolecular Hbond substituents is 1. The largest absolute Gasteiger partial charge is 0.506 e. The van der Waals surface area contributed by atoms with Crippen molar-refractivity contribution in [3.8, 4) is 11.5 Å². The Morgan fingerprint density at radius 2 is 2.08 bits per heavy atom. The van der Waals surface area contributed by atoms with Crippen LogP contribution in [0.1, 0.15) is 0 Å². The Bertz CT molecular complexity index is 882. The van der Waals surface area contributed by atoms with E-state index >= 15 is 0 Å². The second kappa shape index (κ2) is 7.82. The van der Waals surface area contributed by atoms with Crippen LogP contribution in [0.3, 0.4) is 0 Å². The number of benzene rings is 2. The second-order valence-electron chi connectivity index (χ2n) is 4.64. The molecule has 1 N–H and O–H groups in total. The first-order chi connectivity index (χ1) is 11.7. The molecule has 0 aliphatic rings. The van der Waals surface area contributed by atoms with E-state index in [1.54, 1.807) is 24.9 Å². The molecule has 0 fully saturated rings. The van der Waals surface area contributed by atoms with Crippen LogP contribution in [0.5, 0.6) is 11.5 Å². The molecule has 0 atom stereocenters. The van der Waals surface area contributed by atoms with Gasteiger partial charge in [-0.1, -0.05) is 35.2 Å². The highest BCUT2D eigenvalue weighted by Crippen LogP contribution is 2.38. The Hall–Kier alpha value is -1.84. The highest BCUT2D eigenvalue weighted by Gasteiger charge is 2.09. The average Bonchev–Trinajstić information content (AvgIpc) is 3.06. The Morgan fingerprint density at radius 1 is 1.25 bits per heavy atom. The van der Waals surface area contributed by atoms with Crippen LogP contribution in [0.25, 0.3) is 10.8 Å². The Labute approximate surface area is 152 Å². The lowest BCUT2D eigenvalue weighted by Crippen LogP contribution is -1.82. The molecule has 0 aliphatic heterocycles. The predicted molar refractivity (Wildman–Crippen MR) is 101 cm³/mol. The molecule has 0 unspecified atom stereocenters. The van der Waals surface area contributed by atoms with Gasteiger partial charge < -0.3 is 9.84 Å². The normalized spacial score (nSPS) is 11.4. The van der Waals surface area contributed by atoms with E-state index in [4.69, 9.17) is 4.74 Å². The van der Waals surface area contributed by atoms with Crippen molar-refractivity contribution in [3.05, 3.63) is 30.3 Å². The molecule has 0 bridgehead atoms. The van der Waals surface area contributed by atoms with Crippen LogP contribution < -0.4 is 4.74 Å². The smallest absolute Gasteiger partial charge is 0.252 e. The minimum absolute atomic E-state index is 0.0497. The predicted octanol–water partition coefficient (Wildman–Crippen LogP) is 4.84. The topological polar surface area (TPSA) is 80.0 Å². The van der Waals surface area contributed by atoms with Gasteiger partial charge in [0.1, 0.15) is 17.2 Å². The van der Waals surface area contributed by atoms with E-state index < -0.39 is 0 Å². The summed E-state index contributed by atoms with van der Waals surface area (Å²) in [5.41, 5.74) is 0.381. The fraction of sp³-hybridized carbons (Fsp3) is 0.200. The summed E-state index contributed by atoms with van der Waals surface area (Å²) in [6.07, 6.45) is 0. The molecule has 3 aromatic rings. The third-order valence-corrected chi connectivity index (χ3v) is 5.60. The minimum Gasteiger partial charge on any atom is -0.506 e. The highest BCUT2D eigenvalue weighted by atomic mass is 32.2. The van der Waals surface area contributed by atoms with E-state index in [0.29, 0.717) is 16.6 Å². The zero-order chi connectivity index (χ0) is 16.9. The van der Waals surface area contributed by atoms with E-state index in [9.17, 15) is 5.11 Å². The van der Waals surface area contributed by atoms with Crippen molar-refractivity contribution in [1.82, 2.24) is 10.2 Å². The first kappa shape index (κ1) is 17.0. The molecular weight excluding hydrogens is 364 g/mol. The molecule has 0 spiro atoms. The zero-order valence-corrected chi connectivity index (χ0v) is 15.2. The average molecular weight is 379 g/mol. The first-order valence-corrected chi connectivity index (χ1v) is 9.43. The zero-order valence-electron chi connectivity index (χ0n) is 12.7. The van der Waals surface area contributed by atoms with Gasteiger partial charge in [-0.15, -0.1) is 20.4 Å². The number of fused-ring (bicyclic) bond motifs is 1. The van der Waals surface area contributed by atoms with Crippen LogP contribution in [0.15, 0.2) is 44.9 Å². The van der Waals surface area contributed by atoms with Crippen LogP contribution in [0.4, 0.5) is 10.8 Å². The Balaban J connectivity index is 1.93. The van der Waals surface area contributed by atoms with Gasteiger partial charge in [0.05, 0.1) is 7.11 Å². The van der Waals surface area contributed by atoms with Gasteiger partial charge in [-0.05, 0) is 29.3 Å². The van der Waals surface area contributed by atoms with Crippen LogP contribution >= 0.6 is 35.7 Å². The third kappa shape index (κ3) is 3.80. The molecule has 9 heteroatoms. The summed E-state index contributed by atoms with van der Waals surface area (Å²) in [5, 5.41) is 28.6. The van der Waals surface area contributed by atoms with E-state index in [0.717, 1.165) is 26.6 Å². The minimum atomic E-state index is 0.0497. The molecule has 1 heterocycles. The number of ether oxygens (including phenoxy) is 1. The van der Waals surface area contributed by atoms with Gasteiger partial charge in [0.15, 0.2) is 4.34 Å². The van der Waals surface area contributed by atoms with Gasteiger partial charge in [0.2, 0.25) is 0 Å².